The van der Waals surface area contributed by atoms with E-state index in [0.717, 1.165) is 19.6 Å². The number of nitrogens with zero attached hydrogens (tertiary/aromatic N) is 1. The van der Waals surface area contributed by atoms with Crippen molar-refractivity contribution in [1.82, 2.24) is 4.90 Å². The molecule has 1 aromatic carbocycles. The fraction of sp³-hybridized carbons (Fsp3) is 0.538. The van der Waals surface area contributed by atoms with Gasteiger partial charge in [0.05, 0.1) is 0 Å². The first-order valence-corrected chi connectivity index (χ1v) is 5.61. The van der Waals surface area contributed by atoms with Gasteiger partial charge in [0, 0.05) is 31.1 Å². The Balaban J connectivity index is 1.84. The first-order chi connectivity index (χ1) is 7.04. The van der Waals surface area contributed by atoms with Gasteiger partial charge in [-0.25, -0.2) is 0 Å². The molecule has 2 rings (SSSR count). The van der Waals surface area contributed by atoms with Crippen LogP contribution in [0.2, 0.25) is 0 Å². The van der Waals surface area contributed by atoms with Crippen molar-refractivity contribution in [3.63, 3.8) is 0 Å². The molecular formula is C13H20N2. The minimum atomic E-state index is -0.0678. The highest BCUT2D eigenvalue weighted by molar-refractivity contribution is 5.22. The van der Waals surface area contributed by atoms with E-state index < -0.39 is 0 Å². The van der Waals surface area contributed by atoms with Crippen molar-refractivity contribution >= 4 is 0 Å². The molecule has 0 saturated carbocycles. The van der Waals surface area contributed by atoms with Crippen molar-refractivity contribution in [2.75, 3.05) is 19.6 Å². The number of hydrogen-bond donors (Lipinski definition) is 1. The highest BCUT2D eigenvalue weighted by Crippen LogP contribution is 2.27. The number of nitrogens with two attached hydrogens (primary N) is 1. The Morgan fingerprint density at radius 2 is 1.87 bits per heavy atom. The summed E-state index contributed by atoms with van der Waals surface area (Å²) in [7, 11) is 0. The standard InChI is InChI=1S/C13H20N2/c1-13(2,14)10-15-8-12(9-15)11-6-4-3-5-7-11/h3-7,12H,8-10,14H2,1-2H3. The zero-order valence-corrected chi connectivity index (χ0v) is 9.61. The molecule has 1 aromatic rings. The summed E-state index contributed by atoms with van der Waals surface area (Å²) in [5.74, 6) is 0.716. The third-order valence-corrected chi connectivity index (χ3v) is 2.86. The summed E-state index contributed by atoms with van der Waals surface area (Å²) in [5, 5.41) is 0. The summed E-state index contributed by atoms with van der Waals surface area (Å²) in [6.45, 7) is 7.48. The lowest BCUT2D eigenvalue weighted by Crippen LogP contribution is -2.53. The average molecular weight is 204 g/mol. The van der Waals surface area contributed by atoms with E-state index in [9.17, 15) is 0 Å². The van der Waals surface area contributed by atoms with Crippen LogP contribution in [0.5, 0.6) is 0 Å². The van der Waals surface area contributed by atoms with Crippen LogP contribution in [0, 0.1) is 0 Å². The molecule has 0 atom stereocenters. The summed E-state index contributed by atoms with van der Waals surface area (Å²) in [5.41, 5.74) is 7.38. The molecular weight excluding hydrogens is 184 g/mol. The molecule has 0 spiro atoms. The Bertz CT molecular complexity index is 307. The van der Waals surface area contributed by atoms with Gasteiger partial charge in [-0.1, -0.05) is 30.3 Å². The van der Waals surface area contributed by atoms with Crippen LogP contribution in [0.3, 0.4) is 0 Å². The second kappa shape index (κ2) is 3.95. The molecule has 0 radical (unpaired) electrons. The molecule has 0 amide bonds. The van der Waals surface area contributed by atoms with Crippen LogP contribution in [0.4, 0.5) is 0 Å². The van der Waals surface area contributed by atoms with Crippen LogP contribution in [0.25, 0.3) is 0 Å². The van der Waals surface area contributed by atoms with E-state index in [-0.39, 0.29) is 5.54 Å². The first kappa shape index (κ1) is 10.7. The number of rotatable bonds is 3. The molecule has 2 N–H and O–H groups in total. The van der Waals surface area contributed by atoms with Gasteiger partial charge in [-0.15, -0.1) is 0 Å². The normalized spacial score (nSPS) is 18.9. The van der Waals surface area contributed by atoms with Crippen molar-refractivity contribution < 1.29 is 0 Å². The molecule has 2 heteroatoms. The molecule has 0 aromatic heterocycles. The Morgan fingerprint density at radius 3 is 2.40 bits per heavy atom. The van der Waals surface area contributed by atoms with Crippen molar-refractivity contribution in [3.8, 4) is 0 Å². The van der Waals surface area contributed by atoms with Gasteiger partial charge in [0.25, 0.3) is 0 Å². The second-order valence-corrected chi connectivity index (χ2v) is 5.29. The second-order valence-electron chi connectivity index (χ2n) is 5.29. The summed E-state index contributed by atoms with van der Waals surface area (Å²) < 4.78 is 0. The van der Waals surface area contributed by atoms with Crippen LogP contribution in [-0.4, -0.2) is 30.1 Å². The van der Waals surface area contributed by atoms with Crippen LogP contribution < -0.4 is 5.73 Å². The maximum Gasteiger partial charge on any atom is 0.0226 e. The van der Waals surface area contributed by atoms with Gasteiger partial charge in [0.1, 0.15) is 0 Å². The van der Waals surface area contributed by atoms with Gasteiger partial charge in [0.15, 0.2) is 0 Å². The first-order valence-electron chi connectivity index (χ1n) is 5.61. The van der Waals surface area contributed by atoms with Gasteiger partial charge >= 0.3 is 0 Å². The van der Waals surface area contributed by atoms with E-state index in [1.165, 1.54) is 5.56 Å². The maximum absolute atomic E-state index is 5.99. The third kappa shape index (κ3) is 2.80. The quantitative estimate of drug-likeness (QED) is 0.814. The van der Waals surface area contributed by atoms with E-state index in [0.29, 0.717) is 5.92 Å². The molecule has 1 aliphatic heterocycles. The molecule has 15 heavy (non-hydrogen) atoms. The van der Waals surface area contributed by atoms with Crippen molar-refractivity contribution in [2.45, 2.75) is 25.3 Å². The van der Waals surface area contributed by atoms with Crippen molar-refractivity contribution in [3.05, 3.63) is 35.9 Å². The zero-order chi connectivity index (χ0) is 10.9. The number of benzene rings is 1. The summed E-state index contributed by atoms with van der Waals surface area (Å²) in [6, 6.07) is 10.7. The SMILES string of the molecule is CC(C)(N)CN1CC(c2ccccc2)C1. The minimum absolute atomic E-state index is 0.0678. The van der Waals surface area contributed by atoms with Crippen LogP contribution >= 0.6 is 0 Å². The lowest BCUT2D eigenvalue weighted by Gasteiger charge is -2.42. The fourth-order valence-electron chi connectivity index (χ4n) is 2.21. The Kier molecular flexibility index (Phi) is 2.81. The average Bonchev–Trinajstić information content (AvgIpc) is 2.11. The van der Waals surface area contributed by atoms with Crippen LogP contribution in [0.15, 0.2) is 30.3 Å². The molecule has 1 fully saturated rings. The van der Waals surface area contributed by atoms with Crippen LogP contribution in [-0.2, 0) is 0 Å². The number of likely N-dealkylation sites (tertiary alicyclic amines) is 1. The predicted octanol–water partition coefficient (Wildman–Crippen LogP) is 1.82. The molecule has 0 unspecified atom stereocenters. The lowest BCUT2D eigenvalue weighted by atomic mass is 9.90. The number of hydrogen-bond acceptors (Lipinski definition) is 2. The van der Waals surface area contributed by atoms with Gasteiger partial charge in [-0.05, 0) is 19.4 Å². The van der Waals surface area contributed by atoms with Gasteiger partial charge in [0.2, 0.25) is 0 Å². The molecule has 1 saturated heterocycles. The monoisotopic (exact) mass is 204 g/mol. The summed E-state index contributed by atoms with van der Waals surface area (Å²) in [6.07, 6.45) is 0. The lowest BCUT2D eigenvalue weighted by molar-refractivity contribution is 0.121. The highest BCUT2D eigenvalue weighted by atomic mass is 15.2. The Morgan fingerprint density at radius 1 is 1.27 bits per heavy atom. The Labute approximate surface area is 92.1 Å². The smallest absolute Gasteiger partial charge is 0.0226 e. The molecule has 2 nitrogen and oxygen atoms in total. The van der Waals surface area contributed by atoms with Crippen molar-refractivity contribution in [1.29, 1.82) is 0 Å². The largest absolute Gasteiger partial charge is 0.324 e. The third-order valence-electron chi connectivity index (χ3n) is 2.86. The van der Waals surface area contributed by atoms with E-state index in [1.807, 2.05) is 0 Å². The van der Waals surface area contributed by atoms with Crippen molar-refractivity contribution in [2.24, 2.45) is 5.73 Å². The molecule has 1 aliphatic rings. The van der Waals surface area contributed by atoms with Gasteiger partial charge in [-0.3, -0.25) is 0 Å². The maximum atomic E-state index is 5.99. The van der Waals surface area contributed by atoms with Crippen LogP contribution in [0.1, 0.15) is 25.3 Å². The molecule has 0 bridgehead atoms. The minimum Gasteiger partial charge on any atom is -0.324 e. The van der Waals surface area contributed by atoms with E-state index in [1.54, 1.807) is 0 Å². The predicted molar refractivity (Wildman–Crippen MR) is 63.9 cm³/mol. The van der Waals surface area contributed by atoms with E-state index in [2.05, 4.69) is 49.1 Å². The fourth-order valence-corrected chi connectivity index (χ4v) is 2.21. The van der Waals surface area contributed by atoms with E-state index >= 15 is 0 Å². The molecule has 82 valence electrons. The highest BCUT2D eigenvalue weighted by Gasteiger charge is 2.30. The topological polar surface area (TPSA) is 29.3 Å². The van der Waals surface area contributed by atoms with E-state index in [4.69, 9.17) is 5.73 Å². The molecule has 0 aliphatic carbocycles. The molecule has 1 heterocycles. The summed E-state index contributed by atoms with van der Waals surface area (Å²) >= 11 is 0. The summed E-state index contributed by atoms with van der Waals surface area (Å²) in [4.78, 5) is 2.43. The van der Waals surface area contributed by atoms with Gasteiger partial charge in [-0.2, -0.15) is 0 Å². The van der Waals surface area contributed by atoms with Gasteiger partial charge < -0.3 is 10.6 Å². The Hall–Kier alpha value is -0.860. The zero-order valence-electron chi connectivity index (χ0n) is 9.61.